The van der Waals surface area contributed by atoms with Crippen LogP contribution in [0.3, 0.4) is 0 Å². The van der Waals surface area contributed by atoms with Gasteiger partial charge in [-0.3, -0.25) is 9.59 Å². The molecule has 1 fully saturated rings. The summed E-state index contributed by atoms with van der Waals surface area (Å²) in [6, 6.07) is 0. The molecule has 0 aliphatic carbocycles. The van der Waals surface area contributed by atoms with E-state index in [-0.39, 0.29) is 16.6 Å². The molecule has 1 unspecified atom stereocenters. The highest BCUT2D eigenvalue weighted by Gasteiger charge is 2.20. The van der Waals surface area contributed by atoms with Gasteiger partial charge in [0.1, 0.15) is 0 Å². The third kappa shape index (κ3) is 2.99. The Morgan fingerprint density at radius 3 is 2.92 bits per heavy atom. The second-order valence-electron chi connectivity index (χ2n) is 3.04. The number of carbonyl (C=O) groups is 2. The van der Waals surface area contributed by atoms with E-state index >= 15 is 0 Å². The number of halogens is 1. The molecule has 1 heterocycles. The molecule has 1 atom stereocenters. The lowest BCUT2D eigenvalue weighted by Gasteiger charge is -2.20. The van der Waals surface area contributed by atoms with Crippen molar-refractivity contribution >= 4 is 27.7 Å². The molecule has 0 spiro atoms. The van der Waals surface area contributed by atoms with Crippen molar-refractivity contribution in [1.82, 2.24) is 10.2 Å². The number of rotatable bonds is 1. The number of amides is 2. The fourth-order valence-electron chi connectivity index (χ4n) is 1.24. The predicted molar refractivity (Wildman–Crippen MR) is 52.6 cm³/mol. The van der Waals surface area contributed by atoms with E-state index in [1.807, 2.05) is 0 Å². The molecule has 1 saturated heterocycles. The van der Waals surface area contributed by atoms with Crippen molar-refractivity contribution < 1.29 is 9.59 Å². The average Bonchev–Trinajstić information content (AvgIpc) is 2.28. The molecule has 5 heteroatoms. The minimum Gasteiger partial charge on any atom is -0.354 e. The van der Waals surface area contributed by atoms with Gasteiger partial charge in [0.2, 0.25) is 11.8 Å². The summed E-state index contributed by atoms with van der Waals surface area (Å²) >= 11 is 3.22. The van der Waals surface area contributed by atoms with Crippen LogP contribution in [0.15, 0.2) is 0 Å². The second-order valence-corrected chi connectivity index (χ2v) is 4.41. The Morgan fingerprint density at radius 2 is 2.31 bits per heavy atom. The first-order valence-corrected chi connectivity index (χ1v) is 5.22. The highest BCUT2D eigenvalue weighted by atomic mass is 79.9. The Hall–Kier alpha value is -0.580. The van der Waals surface area contributed by atoms with E-state index in [0.29, 0.717) is 26.1 Å². The third-order valence-electron chi connectivity index (χ3n) is 1.96. The van der Waals surface area contributed by atoms with Crippen molar-refractivity contribution in [2.24, 2.45) is 0 Å². The van der Waals surface area contributed by atoms with Crippen LogP contribution in [-0.4, -0.2) is 41.2 Å². The van der Waals surface area contributed by atoms with Gasteiger partial charge in [-0.1, -0.05) is 15.9 Å². The van der Waals surface area contributed by atoms with Crippen LogP contribution in [0.5, 0.6) is 0 Å². The quantitative estimate of drug-likeness (QED) is 0.671. The van der Waals surface area contributed by atoms with Gasteiger partial charge in [-0.25, -0.2) is 0 Å². The molecule has 74 valence electrons. The van der Waals surface area contributed by atoms with Crippen molar-refractivity contribution in [2.75, 3.05) is 19.6 Å². The van der Waals surface area contributed by atoms with E-state index in [9.17, 15) is 9.59 Å². The summed E-state index contributed by atoms with van der Waals surface area (Å²) in [7, 11) is 0. The zero-order valence-electron chi connectivity index (χ0n) is 7.55. The van der Waals surface area contributed by atoms with Gasteiger partial charge >= 0.3 is 0 Å². The molecule has 1 N–H and O–H groups in total. The van der Waals surface area contributed by atoms with Gasteiger partial charge in [-0.15, -0.1) is 0 Å². The topological polar surface area (TPSA) is 49.4 Å². The minimum atomic E-state index is -0.166. The first-order valence-electron chi connectivity index (χ1n) is 4.31. The molecule has 0 aromatic heterocycles. The van der Waals surface area contributed by atoms with E-state index in [1.165, 1.54) is 0 Å². The Balaban J connectivity index is 2.51. The van der Waals surface area contributed by atoms with Crippen LogP contribution < -0.4 is 5.32 Å². The lowest BCUT2D eigenvalue weighted by Crippen LogP contribution is -2.37. The Kier molecular flexibility index (Phi) is 3.71. The smallest absolute Gasteiger partial charge is 0.236 e. The lowest BCUT2D eigenvalue weighted by atomic mass is 10.3. The van der Waals surface area contributed by atoms with Gasteiger partial charge in [0.05, 0.1) is 4.83 Å². The van der Waals surface area contributed by atoms with E-state index in [4.69, 9.17) is 0 Å². The lowest BCUT2D eigenvalue weighted by molar-refractivity contribution is -0.130. The highest BCUT2D eigenvalue weighted by Crippen LogP contribution is 2.05. The highest BCUT2D eigenvalue weighted by molar-refractivity contribution is 9.10. The van der Waals surface area contributed by atoms with Crippen molar-refractivity contribution in [1.29, 1.82) is 0 Å². The third-order valence-corrected chi connectivity index (χ3v) is 2.36. The zero-order chi connectivity index (χ0) is 9.84. The molecule has 0 saturated carbocycles. The van der Waals surface area contributed by atoms with Crippen LogP contribution in [0.25, 0.3) is 0 Å². The van der Waals surface area contributed by atoms with Crippen molar-refractivity contribution in [2.45, 2.75) is 18.2 Å². The molecule has 2 amide bonds. The number of carbonyl (C=O) groups excluding carboxylic acids is 2. The Labute approximate surface area is 85.8 Å². The monoisotopic (exact) mass is 248 g/mol. The van der Waals surface area contributed by atoms with Crippen molar-refractivity contribution in [3.63, 3.8) is 0 Å². The summed E-state index contributed by atoms with van der Waals surface area (Å²) in [5.74, 6) is 0.0778. The maximum absolute atomic E-state index is 11.5. The van der Waals surface area contributed by atoms with Gasteiger partial charge in [0.25, 0.3) is 0 Å². The number of nitrogens with one attached hydrogen (secondary N) is 1. The van der Waals surface area contributed by atoms with Crippen molar-refractivity contribution in [3.8, 4) is 0 Å². The molecular formula is C8H13BrN2O2. The van der Waals surface area contributed by atoms with Gasteiger partial charge in [-0.2, -0.15) is 0 Å². The average molecular weight is 249 g/mol. The SMILES string of the molecule is CC(Br)C(=O)N1CCNC(=O)CC1. The van der Waals surface area contributed by atoms with E-state index in [0.717, 1.165) is 0 Å². The molecule has 4 nitrogen and oxygen atoms in total. The van der Waals surface area contributed by atoms with Gasteiger partial charge < -0.3 is 10.2 Å². The Morgan fingerprint density at radius 1 is 1.62 bits per heavy atom. The number of hydrogen-bond donors (Lipinski definition) is 1. The summed E-state index contributed by atoms with van der Waals surface area (Å²) in [6.07, 6.45) is 0.408. The molecule has 1 aliphatic rings. The summed E-state index contributed by atoms with van der Waals surface area (Å²) < 4.78 is 0. The fraction of sp³-hybridized carbons (Fsp3) is 0.750. The standard InChI is InChI=1S/C8H13BrN2O2/c1-6(9)8(13)11-4-2-7(12)10-3-5-11/h6H,2-5H2,1H3,(H,10,12). The zero-order valence-corrected chi connectivity index (χ0v) is 9.13. The number of hydrogen-bond acceptors (Lipinski definition) is 2. The first kappa shape index (κ1) is 10.5. The van der Waals surface area contributed by atoms with Crippen LogP contribution in [0, 0.1) is 0 Å². The summed E-state index contributed by atoms with van der Waals surface area (Å²) in [4.78, 5) is 24.0. The summed E-state index contributed by atoms with van der Waals surface area (Å²) in [5.41, 5.74) is 0. The van der Waals surface area contributed by atoms with Crippen LogP contribution in [-0.2, 0) is 9.59 Å². The predicted octanol–water partition coefficient (Wildman–Crippen LogP) is 0.118. The first-order chi connectivity index (χ1) is 6.11. The van der Waals surface area contributed by atoms with Crippen molar-refractivity contribution in [3.05, 3.63) is 0 Å². The number of nitrogens with zero attached hydrogens (tertiary/aromatic N) is 1. The fourth-order valence-corrected chi connectivity index (χ4v) is 1.53. The van der Waals surface area contributed by atoms with Crippen LogP contribution in [0.2, 0.25) is 0 Å². The van der Waals surface area contributed by atoms with E-state index in [2.05, 4.69) is 21.2 Å². The van der Waals surface area contributed by atoms with Crippen LogP contribution >= 0.6 is 15.9 Å². The normalized spacial score (nSPS) is 20.5. The van der Waals surface area contributed by atoms with E-state index in [1.54, 1.807) is 11.8 Å². The molecule has 0 aromatic rings. The molecule has 0 aromatic carbocycles. The molecule has 1 rings (SSSR count). The van der Waals surface area contributed by atoms with Gasteiger partial charge in [0.15, 0.2) is 0 Å². The largest absolute Gasteiger partial charge is 0.354 e. The number of alkyl halides is 1. The maximum Gasteiger partial charge on any atom is 0.236 e. The molecule has 1 aliphatic heterocycles. The molecular weight excluding hydrogens is 236 g/mol. The maximum atomic E-state index is 11.5. The molecule has 13 heavy (non-hydrogen) atoms. The van der Waals surface area contributed by atoms with Crippen LogP contribution in [0.4, 0.5) is 0 Å². The second kappa shape index (κ2) is 4.60. The minimum absolute atomic E-state index is 0.0255. The van der Waals surface area contributed by atoms with Gasteiger partial charge in [-0.05, 0) is 6.92 Å². The van der Waals surface area contributed by atoms with Gasteiger partial charge in [0, 0.05) is 26.1 Å². The van der Waals surface area contributed by atoms with E-state index < -0.39 is 0 Å². The Bertz CT molecular complexity index is 218. The molecule has 0 radical (unpaired) electrons. The summed E-state index contributed by atoms with van der Waals surface area (Å²) in [5, 5.41) is 2.72. The summed E-state index contributed by atoms with van der Waals surface area (Å²) in [6.45, 7) is 3.49. The molecule has 0 bridgehead atoms. The van der Waals surface area contributed by atoms with Crippen LogP contribution in [0.1, 0.15) is 13.3 Å².